The fourth-order valence-electron chi connectivity index (χ4n) is 7.72. The predicted octanol–water partition coefficient (Wildman–Crippen LogP) is 5.42. The second kappa shape index (κ2) is 11.1. The molecule has 240 valence electrons. The van der Waals surface area contributed by atoms with Crippen molar-refractivity contribution >= 4 is 54.7 Å². The van der Waals surface area contributed by atoms with E-state index >= 15 is 4.39 Å². The molecule has 0 aliphatic carbocycles. The van der Waals surface area contributed by atoms with Gasteiger partial charge in [0, 0.05) is 42.4 Å². The fourth-order valence-corrected chi connectivity index (χ4v) is 8.96. The predicted molar refractivity (Wildman–Crippen MR) is 171 cm³/mol. The van der Waals surface area contributed by atoms with E-state index in [1.807, 2.05) is 11.0 Å². The molecule has 3 atom stereocenters. The molecule has 2 aromatic carbocycles. The molecular formula is C32H31ClF3N7O2S. The van der Waals surface area contributed by atoms with Crippen LogP contribution >= 0.6 is 22.9 Å². The van der Waals surface area contributed by atoms with Gasteiger partial charge in [0.2, 0.25) is 0 Å². The minimum Gasteiger partial charge on any atom is -0.461 e. The summed E-state index contributed by atoms with van der Waals surface area (Å²) >= 11 is 7.78. The number of thiophene rings is 1. The summed E-state index contributed by atoms with van der Waals surface area (Å²) in [5.41, 5.74) is 5.58. The van der Waals surface area contributed by atoms with Crippen LogP contribution in [0.2, 0.25) is 5.02 Å². The fraction of sp³-hybridized carbons (Fsp3) is 0.469. The van der Waals surface area contributed by atoms with Crippen LogP contribution in [0.4, 0.5) is 24.0 Å². The first-order chi connectivity index (χ1) is 22.2. The maximum atomic E-state index is 17.0. The van der Waals surface area contributed by atoms with Gasteiger partial charge >= 0.3 is 6.01 Å². The largest absolute Gasteiger partial charge is 0.461 e. The first kappa shape index (κ1) is 30.0. The average molecular weight is 670 g/mol. The molecule has 4 aliphatic rings. The second-order valence-electron chi connectivity index (χ2n) is 12.8. The lowest BCUT2D eigenvalue weighted by atomic mass is 9.88. The number of ether oxygens (including phenoxy) is 2. The zero-order valence-corrected chi connectivity index (χ0v) is 26.4. The molecule has 4 aromatic rings. The van der Waals surface area contributed by atoms with Crippen molar-refractivity contribution < 1.29 is 22.6 Å². The lowest BCUT2D eigenvalue weighted by Crippen LogP contribution is -2.64. The van der Waals surface area contributed by atoms with Crippen LogP contribution < -0.4 is 20.7 Å². The zero-order chi connectivity index (χ0) is 31.8. The number of nitrogens with one attached hydrogen (secondary N) is 1. The van der Waals surface area contributed by atoms with Crippen LogP contribution in [0.25, 0.3) is 32.1 Å². The van der Waals surface area contributed by atoms with Crippen molar-refractivity contribution in [2.24, 2.45) is 0 Å². The topological polar surface area (TPSA) is 113 Å². The number of nitrogens with two attached hydrogens (primary N) is 1. The number of rotatable bonds is 5. The van der Waals surface area contributed by atoms with Crippen molar-refractivity contribution in [3.8, 4) is 23.2 Å². The number of aromatic nitrogens is 2. The molecule has 4 fully saturated rings. The Morgan fingerprint density at radius 1 is 1.26 bits per heavy atom. The van der Waals surface area contributed by atoms with Gasteiger partial charge in [0.15, 0.2) is 5.82 Å². The number of benzene rings is 2. The van der Waals surface area contributed by atoms with Crippen molar-refractivity contribution in [2.45, 2.75) is 42.9 Å². The van der Waals surface area contributed by atoms with Gasteiger partial charge < -0.3 is 25.4 Å². The Balaban J connectivity index is 1.29. The summed E-state index contributed by atoms with van der Waals surface area (Å²) in [7, 11) is 0. The summed E-state index contributed by atoms with van der Waals surface area (Å²) in [6.45, 7) is 4.27. The summed E-state index contributed by atoms with van der Waals surface area (Å²) in [4.78, 5) is 13.6. The van der Waals surface area contributed by atoms with E-state index in [0.29, 0.717) is 50.5 Å². The highest BCUT2D eigenvalue weighted by Crippen LogP contribution is 2.46. The van der Waals surface area contributed by atoms with Crippen LogP contribution in [-0.2, 0) is 4.74 Å². The highest BCUT2D eigenvalue weighted by atomic mass is 35.5. The van der Waals surface area contributed by atoms with Crippen molar-refractivity contribution in [2.75, 3.05) is 63.2 Å². The molecule has 4 saturated heterocycles. The Kier molecular flexibility index (Phi) is 7.22. The lowest BCUT2D eigenvalue weighted by molar-refractivity contribution is 0.0593. The molecule has 3 N–H and O–H groups in total. The number of hydrogen-bond donors (Lipinski definition) is 2. The van der Waals surface area contributed by atoms with E-state index in [1.165, 1.54) is 12.1 Å². The van der Waals surface area contributed by atoms with Crippen molar-refractivity contribution in [1.29, 1.82) is 5.26 Å². The molecule has 14 heteroatoms. The molecule has 1 spiro atoms. The maximum Gasteiger partial charge on any atom is 0.319 e. The van der Waals surface area contributed by atoms with E-state index in [-0.39, 0.29) is 60.5 Å². The SMILES string of the molecule is N#Cc1c(N)sc2c(F)ccc(-c3c(Cl)cc4c(N5CCOCC6(CCN6)C5)nc(OC[C@@]56CCCN5C[C@H](F)C6)nc4c3F)c12. The lowest BCUT2D eigenvalue weighted by Gasteiger charge is -2.44. The van der Waals surface area contributed by atoms with Crippen molar-refractivity contribution in [3.05, 3.63) is 40.4 Å². The average Bonchev–Trinajstić information content (AvgIpc) is 3.59. The highest BCUT2D eigenvalue weighted by Gasteiger charge is 2.49. The molecule has 8 rings (SSSR count). The smallest absolute Gasteiger partial charge is 0.319 e. The Hall–Kier alpha value is -3.41. The molecule has 0 saturated carbocycles. The van der Waals surface area contributed by atoms with Crippen LogP contribution in [-0.4, -0.2) is 84.7 Å². The summed E-state index contributed by atoms with van der Waals surface area (Å²) in [6, 6.07) is 6.23. The third kappa shape index (κ3) is 4.68. The molecule has 0 radical (unpaired) electrons. The van der Waals surface area contributed by atoms with Gasteiger partial charge in [-0.2, -0.15) is 15.2 Å². The standard InChI is InChI=1S/C32H31ClF3N7O2S/c33-21-10-19-26(25(36)24(21)18-2-3-22(35)27-23(18)20(12-37)28(38)46-27)40-30(45-16-32-4-1-7-43(32)13-17(34)11-32)41-29(19)42-8-9-44-15-31(14-42)5-6-39-31/h2-3,10,17,39H,1,4-9,11,13-16,38H2/t17-,31?,32+/m1/s1. The monoisotopic (exact) mass is 669 g/mol. The number of halogens is 4. The van der Waals surface area contributed by atoms with E-state index in [0.717, 1.165) is 43.7 Å². The number of nitriles is 1. The molecule has 0 amide bonds. The van der Waals surface area contributed by atoms with Crippen LogP contribution in [0.5, 0.6) is 6.01 Å². The van der Waals surface area contributed by atoms with Gasteiger partial charge in [-0.3, -0.25) is 4.90 Å². The summed E-state index contributed by atoms with van der Waals surface area (Å²) < 4.78 is 58.7. The zero-order valence-electron chi connectivity index (χ0n) is 24.8. The normalized spacial score (nSPS) is 26.4. The summed E-state index contributed by atoms with van der Waals surface area (Å²) in [5, 5.41) is 14.1. The molecular weight excluding hydrogens is 639 g/mol. The first-order valence-electron chi connectivity index (χ1n) is 15.4. The maximum absolute atomic E-state index is 17.0. The number of hydrogen-bond acceptors (Lipinski definition) is 10. The van der Waals surface area contributed by atoms with Crippen LogP contribution in [0.15, 0.2) is 18.2 Å². The van der Waals surface area contributed by atoms with Gasteiger partial charge in [-0.15, -0.1) is 11.3 Å². The van der Waals surface area contributed by atoms with Gasteiger partial charge in [-0.05, 0) is 50.0 Å². The number of nitrogens with zero attached hydrogens (tertiary/aromatic N) is 5. The van der Waals surface area contributed by atoms with Crippen LogP contribution in [0.3, 0.4) is 0 Å². The molecule has 1 unspecified atom stereocenters. The number of fused-ring (bicyclic) bond motifs is 3. The molecule has 6 heterocycles. The Labute approximate surface area is 272 Å². The highest BCUT2D eigenvalue weighted by molar-refractivity contribution is 7.23. The molecule has 4 aliphatic heterocycles. The van der Waals surface area contributed by atoms with E-state index in [1.54, 1.807) is 6.07 Å². The van der Waals surface area contributed by atoms with Crippen molar-refractivity contribution in [3.63, 3.8) is 0 Å². The third-order valence-corrected chi connectivity index (χ3v) is 11.4. The molecule has 2 aromatic heterocycles. The van der Waals surface area contributed by atoms with E-state index in [9.17, 15) is 14.0 Å². The van der Waals surface area contributed by atoms with Gasteiger partial charge in [-0.25, -0.2) is 13.2 Å². The van der Waals surface area contributed by atoms with Crippen LogP contribution in [0, 0.1) is 23.0 Å². The molecule has 46 heavy (non-hydrogen) atoms. The minimum atomic E-state index is -0.931. The van der Waals surface area contributed by atoms with E-state index in [4.69, 9.17) is 31.8 Å². The van der Waals surface area contributed by atoms with Gasteiger partial charge in [-0.1, -0.05) is 17.7 Å². The minimum absolute atomic E-state index is 0.0271. The third-order valence-electron chi connectivity index (χ3n) is 10.1. The first-order valence-corrected chi connectivity index (χ1v) is 16.6. The number of anilines is 2. The number of nitrogen functional groups attached to an aromatic ring is 1. The van der Waals surface area contributed by atoms with Gasteiger partial charge in [0.25, 0.3) is 0 Å². The Morgan fingerprint density at radius 3 is 2.89 bits per heavy atom. The van der Waals surface area contributed by atoms with E-state index in [2.05, 4.69) is 15.2 Å². The van der Waals surface area contributed by atoms with Crippen LogP contribution in [0.1, 0.15) is 31.2 Å². The van der Waals surface area contributed by atoms with E-state index < -0.39 is 23.3 Å². The Bertz CT molecular complexity index is 1930. The molecule has 0 bridgehead atoms. The Morgan fingerprint density at radius 2 is 2.11 bits per heavy atom. The molecule has 9 nitrogen and oxygen atoms in total. The van der Waals surface area contributed by atoms with Crippen molar-refractivity contribution in [1.82, 2.24) is 20.2 Å². The van der Waals surface area contributed by atoms with Gasteiger partial charge in [0.05, 0.1) is 39.6 Å². The number of alkyl halides is 1. The summed E-state index contributed by atoms with van der Waals surface area (Å²) in [6.07, 6.45) is 2.10. The quantitative estimate of drug-likeness (QED) is 0.288. The van der Waals surface area contributed by atoms with Gasteiger partial charge in [0.1, 0.15) is 41.0 Å². The second-order valence-corrected chi connectivity index (χ2v) is 14.3. The summed E-state index contributed by atoms with van der Waals surface area (Å²) in [5.74, 6) is -0.882.